The van der Waals surface area contributed by atoms with Gasteiger partial charge < -0.3 is 25.0 Å². The second-order valence-corrected chi connectivity index (χ2v) is 5.44. The summed E-state index contributed by atoms with van der Waals surface area (Å²) in [6.45, 7) is 1.46. The fraction of sp³-hybridized carbons (Fsp3) is 0.462. The van der Waals surface area contributed by atoms with Crippen LogP contribution in [0.2, 0.25) is 0 Å². The third kappa shape index (κ3) is 2.45. The molecule has 0 saturated carbocycles. The first-order chi connectivity index (χ1) is 10.0. The summed E-state index contributed by atoms with van der Waals surface area (Å²) in [6, 6.07) is 1.69. The van der Waals surface area contributed by atoms with Gasteiger partial charge in [-0.2, -0.15) is 0 Å². The number of nitrogens with zero attached hydrogens (tertiary/aromatic N) is 2. The van der Waals surface area contributed by atoms with E-state index in [9.17, 15) is 10.2 Å². The standard InChI is InChI=1S/C13H15N3O4S/c1-5-3-14-12-7(15-5)2-6(13(21)16-12)11-10(19)9(18)8(4-17)20-11/h2-3,8-11,17-19H,4H2,1H3,(H,14,16,21)/t8-,9?,10+,11+/m1/s1. The van der Waals surface area contributed by atoms with Crippen molar-refractivity contribution in [3.8, 4) is 11.5 Å². The average molecular weight is 309 g/mol. The highest BCUT2D eigenvalue weighted by molar-refractivity contribution is 7.71. The molecule has 4 N–H and O–H groups in total. The molecule has 0 aromatic heterocycles. The van der Waals surface area contributed by atoms with Crippen molar-refractivity contribution >= 4 is 12.2 Å². The summed E-state index contributed by atoms with van der Waals surface area (Å²) in [7, 11) is 0. The van der Waals surface area contributed by atoms with E-state index >= 15 is 0 Å². The number of H-pyrrole nitrogens is 1. The molecule has 3 aliphatic rings. The molecule has 1 saturated heterocycles. The molecule has 1 unspecified atom stereocenters. The maximum Gasteiger partial charge on any atom is 0.157 e. The molecule has 0 aromatic carbocycles. The highest BCUT2D eigenvalue weighted by Gasteiger charge is 2.43. The number of ether oxygens (including phenoxy) is 1. The average Bonchev–Trinajstić information content (AvgIpc) is 2.75. The van der Waals surface area contributed by atoms with Gasteiger partial charge in [0.1, 0.15) is 34.8 Å². The summed E-state index contributed by atoms with van der Waals surface area (Å²) >= 11 is 5.22. The Morgan fingerprint density at radius 3 is 2.76 bits per heavy atom. The third-order valence-corrected chi connectivity index (χ3v) is 3.89. The number of aryl methyl sites for hydroxylation is 1. The molecule has 7 nitrogen and oxygen atoms in total. The lowest BCUT2D eigenvalue weighted by molar-refractivity contribution is -0.0229. The van der Waals surface area contributed by atoms with Gasteiger partial charge in [0.05, 0.1) is 12.3 Å². The van der Waals surface area contributed by atoms with Crippen molar-refractivity contribution in [3.63, 3.8) is 0 Å². The molecule has 3 rings (SSSR count). The van der Waals surface area contributed by atoms with Crippen LogP contribution in [-0.4, -0.2) is 55.2 Å². The van der Waals surface area contributed by atoms with Gasteiger partial charge in [-0.05, 0) is 13.0 Å². The zero-order valence-corrected chi connectivity index (χ0v) is 12.0. The van der Waals surface area contributed by atoms with Crippen LogP contribution in [0, 0.1) is 11.6 Å². The van der Waals surface area contributed by atoms with E-state index < -0.39 is 24.4 Å². The Morgan fingerprint density at radius 2 is 2.10 bits per heavy atom. The van der Waals surface area contributed by atoms with E-state index in [1.165, 1.54) is 0 Å². The van der Waals surface area contributed by atoms with Crippen LogP contribution in [0.4, 0.5) is 0 Å². The highest BCUT2D eigenvalue weighted by atomic mass is 32.1. The van der Waals surface area contributed by atoms with Crippen LogP contribution in [-0.2, 0) is 4.74 Å². The zero-order chi connectivity index (χ0) is 15.1. The summed E-state index contributed by atoms with van der Waals surface area (Å²) in [5.74, 6) is 0.543. The van der Waals surface area contributed by atoms with Gasteiger partial charge in [-0.25, -0.2) is 9.97 Å². The molecular weight excluding hydrogens is 294 g/mol. The number of aliphatic hydroxyl groups excluding tert-OH is 3. The fourth-order valence-corrected chi connectivity index (χ4v) is 2.71. The molecule has 8 heteroatoms. The lowest BCUT2D eigenvalue weighted by atomic mass is 10.0. The molecular formula is C13H15N3O4S. The number of aromatic amines is 1. The van der Waals surface area contributed by atoms with Crippen molar-refractivity contribution in [1.82, 2.24) is 15.0 Å². The van der Waals surface area contributed by atoms with Gasteiger partial charge in [0, 0.05) is 11.8 Å². The molecule has 112 valence electrons. The van der Waals surface area contributed by atoms with Crippen LogP contribution in [0.1, 0.15) is 17.4 Å². The number of aromatic nitrogens is 3. The first-order valence-electron chi connectivity index (χ1n) is 6.50. The normalized spacial score (nSPS) is 29.1. The Morgan fingerprint density at radius 1 is 1.33 bits per heavy atom. The zero-order valence-electron chi connectivity index (χ0n) is 11.2. The number of hydrogen-bond acceptors (Lipinski definition) is 7. The molecule has 1 fully saturated rings. The quantitative estimate of drug-likeness (QED) is 0.582. The van der Waals surface area contributed by atoms with Crippen LogP contribution >= 0.6 is 12.2 Å². The summed E-state index contributed by atoms with van der Waals surface area (Å²) in [6.07, 6.45) is -2.29. The van der Waals surface area contributed by atoms with Gasteiger partial charge in [-0.1, -0.05) is 12.2 Å². The smallest absolute Gasteiger partial charge is 0.157 e. The largest absolute Gasteiger partial charge is 0.394 e. The summed E-state index contributed by atoms with van der Waals surface area (Å²) in [5.41, 5.74) is 1.86. The maximum absolute atomic E-state index is 10.1. The summed E-state index contributed by atoms with van der Waals surface area (Å²) in [5, 5.41) is 29.0. The Kier molecular flexibility index (Phi) is 3.72. The van der Waals surface area contributed by atoms with Gasteiger partial charge in [-0.3, -0.25) is 0 Å². The Hall–Kier alpha value is -1.45. The number of fused-ring (bicyclic) bond motifs is 1. The first-order valence-corrected chi connectivity index (χ1v) is 6.91. The second-order valence-electron chi connectivity index (χ2n) is 5.05. The van der Waals surface area contributed by atoms with Crippen molar-refractivity contribution < 1.29 is 20.1 Å². The van der Waals surface area contributed by atoms with E-state index in [2.05, 4.69) is 15.0 Å². The van der Waals surface area contributed by atoms with Crippen molar-refractivity contribution in [3.05, 3.63) is 28.2 Å². The van der Waals surface area contributed by atoms with Crippen LogP contribution in [0.25, 0.3) is 11.5 Å². The predicted molar refractivity (Wildman–Crippen MR) is 75.3 cm³/mol. The minimum absolute atomic E-state index is 0.263. The van der Waals surface area contributed by atoms with Gasteiger partial charge >= 0.3 is 0 Å². The number of hydrogen-bond donors (Lipinski definition) is 4. The summed E-state index contributed by atoms with van der Waals surface area (Å²) in [4.78, 5) is 11.6. The Bertz CT molecular complexity index is 692. The fourth-order valence-electron chi connectivity index (χ4n) is 2.45. The van der Waals surface area contributed by atoms with Crippen molar-refractivity contribution in [2.24, 2.45) is 0 Å². The van der Waals surface area contributed by atoms with Gasteiger partial charge in [-0.15, -0.1) is 0 Å². The number of nitrogens with one attached hydrogen (secondary N) is 1. The van der Waals surface area contributed by atoms with Crippen LogP contribution in [0.3, 0.4) is 0 Å². The van der Waals surface area contributed by atoms with E-state index in [0.29, 0.717) is 17.1 Å². The number of rotatable bonds is 2. The van der Waals surface area contributed by atoms with Gasteiger partial charge in [0.25, 0.3) is 0 Å². The molecule has 0 radical (unpaired) electrons. The van der Waals surface area contributed by atoms with Gasteiger partial charge in [0.2, 0.25) is 0 Å². The van der Waals surface area contributed by atoms with Crippen LogP contribution < -0.4 is 0 Å². The molecule has 3 heterocycles. The monoisotopic (exact) mass is 309 g/mol. The molecule has 0 aliphatic carbocycles. The predicted octanol–water partition coefficient (Wildman–Crippen LogP) is 0.101. The second kappa shape index (κ2) is 5.39. The first kappa shape index (κ1) is 14.5. The molecule has 21 heavy (non-hydrogen) atoms. The minimum atomic E-state index is -1.17. The number of pyridine rings is 1. The molecule has 0 bridgehead atoms. The van der Waals surface area contributed by atoms with Crippen LogP contribution in [0.5, 0.6) is 0 Å². The van der Waals surface area contributed by atoms with E-state index in [0.717, 1.165) is 5.69 Å². The lowest BCUT2D eigenvalue weighted by Gasteiger charge is -2.16. The Balaban J connectivity index is 2.07. The van der Waals surface area contributed by atoms with E-state index in [-0.39, 0.29) is 11.2 Å². The van der Waals surface area contributed by atoms with E-state index in [4.69, 9.17) is 22.1 Å². The molecule has 4 atom stereocenters. The van der Waals surface area contributed by atoms with Crippen molar-refractivity contribution in [2.45, 2.75) is 31.3 Å². The molecule has 3 aliphatic heterocycles. The Labute approximate surface area is 125 Å². The molecule has 0 spiro atoms. The number of aliphatic hydroxyl groups is 3. The molecule has 0 amide bonds. The maximum atomic E-state index is 10.1. The van der Waals surface area contributed by atoms with Crippen molar-refractivity contribution in [2.75, 3.05) is 6.61 Å². The topological polar surface area (TPSA) is 111 Å². The SMILES string of the molecule is Cc1c[nH]c2nc(=S)c([C@@H]3O[C@H](CO)C(O)[C@@H]3O)cc-2n1. The summed E-state index contributed by atoms with van der Waals surface area (Å²) < 4.78 is 5.75. The van der Waals surface area contributed by atoms with Crippen molar-refractivity contribution in [1.29, 1.82) is 0 Å². The highest BCUT2D eigenvalue weighted by Crippen LogP contribution is 2.35. The minimum Gasteiger partial charge on any atom is -0.394 e. The molecule has 0 aromatic rings. The van der Waals surface area contributed by atoms with E-state index in [1.54, 1.807) is 12.3 Å². The van der Waals surface area contributed by atoms with Gasteiger partial charge in [0.15, 0.2) is 5.82 Å². The third-order valence-electron chi connectivity index (χ3n) is 3.56. The van der Waals surface area contributed by atoms with E-state index in [1.807, 2.05) is 6.92 Å². The lowest BCUT2D eigenvalue weighted by Crippen LogP contribution is -2.32. The van der Waals surface area contributed by atoms with Crippen LogP contribution in [0.15, 0.2) is 12.3 Å².